The van der Waals surface area contributed by atoms with Gasteiger partial charge in [-0.1, -0.05) is 44.2 Å². The number of hydrogen-bond donors (Lipinski definition) is 5. The lowest BCUT2D eigenvalue weighted by molar-refractivity contribution is 0.0141. The van der Waals surface area contributed by atoms with E-state index in [9.17, 15) is 14.7 Å². The van der Waals surface area contributed by atoms with Crippen LogP contribution in [0, 0.1) is 5.41 Å². The van der Waals surface area contributed by atoms with Gasteiger partial charge < -0.3 is 26.0 Å². The number of aliphatic hydroxyl groups is 1. The SMILES string of the molecule is CC(C)(CCc1ccccc1)[C@H](O)[C@H](CNC(=O)O)NC(=O)O. The first kappa shape index (κ1) is 18.8. The minimum Gasteiger partial charge on any atom is -0.465 e. The molecule has 0 aliphatic heterocycles. The molecule has 23 heavy (non-hydrogen) atoms. The van der Waals surface area contributed by atoms with Crippen molar-refractivity contribution in [3.8, 4) is 0 Å². The van der Waals surface area contributed by atoms with Crippen molar-refractivity contribution >= 4 is 12.2 Å². The molecule has 7 nitrogen and oxygen atoms in total. The maximum atomic E-state index is 10.9. The first-order chi connectivity index (χ1) is 10.7. The highest BCUT2D eigenvalue weighted by atomic mass is 16.4. The third-order valence-corrected chi connectivity index (χ3v) is 3.86. The Balaban J connectivity index is 2.71. The van der Waals surface area contributed by atoms with Crippen molar-refractivity contribution in [3.05, 3.63) is 35.9 Å². The molecule has 2 atom stereocenters. The van der Waals surface area contributed by atoms with E-state index in [1.54, 1.807) is 0 Å². The number of aryl methyl sites for hydroxylation is 1. The predicted octanol–water partition coefficient (Wildman–Crippen LogP) is 1.91. The van der Waals surface area contributed by atoms with E-state index in [1.807, 2.05) is 44.2 Å². The largest absolute Gasteiger partial charge is 0.465 e. The molecule has 0 bridgehead atoms. The minimum atomic E-state index is -1.31. The molecule has 0 fully saturated rings. The summed E-state index contributed by atoms with van der Waals surface area (Å²) in [6.07, 6.45) is -2.24. The lowest BCUT2D eigenvalue weighted by atomic mass is 9.78. The molecule has 2 amide bonds. The Labute approximate surface area is 135 Å². The molecule has 0 saturated heterocycles. The summed E-state index contributed by atoms with van der Waals surface area (Å²) in [6, 6.07) is 8.85. The minimum absolute atomic E-state index is 0.197. The zero-order valence-corrected chi connectivity index (χ0v) is 13.3. The number of hydrogen-bond acceptors (Lipinski definition) is 3. The number of benzene rings is 1. The average Bonchev–Trinajstić information content (AvgIpc) is 2.49. The van der Waals surface area contributed by atoms with Gasteiger partial charge in [0.1, 0.15) is 0 Å². The number of carboxylic acid groups (broad SMARTS) is 2. The maximum absolute atomic E-state index is 10.9. The monoisotopic (exact) mass is 324 g/mol. The molecule has 0 unspecified atom stereocenters. The van der Waals surface area contributed by atoms with Gasteiger partial charge in [0, 0.05) is 6.54 Å². The van der Waals surface area contributed by atoms with Gasteiger partial charge in [-0.2, -0.15) is 0 Å². The van der Waals surface area contributed by atoms with Crippen LogP contribution in [0.1, 0.15) is 25.8 Å². The van der Waals surface area contributed by atoms with Crippen molar-refractivity contribution in [1.82, 2.24) is 10.6 Å². The first-order valence-corrected chi connectivity index (χ1v) is 7.40. The van der Waals surface area contributed by atoms with Crippen LogP contribution in [0.25, 0.3) is 0 Å². The number of carbonyl (C=O) groups is 2. The zero-order valence-electron chi connectivity index (χ0n) is 13.3. The van der Waals surface area contributed by atoms with Gasteiger partial charge in [-0.05, 0) is 23.8 Å². The highest BCUT2D eigenvalue weighted by Crippen LogP contribution is 2.29. The van der Waals surface area contributed by atoms with Crippen LogP contribution in [0.15, 0.2) is 30.3 Å². The molecule has 1 aromatic carbocycles. The molecular weight excluding hydrogens is 300 g/mol. The van der Waals surface area contributed by atoms with E-state index in [2.05, 4.69) is 10.6 Å². The lowest BCUT2D eigenvalue weighted by Crippen LogP contribution is -2.54. The van der Waals surface area contributed by atoms with Crippen molar-refractivity contribution < 1.29 is 24.9 Å². The van der Waals surface area contributed by atoms with Crippen LogP contribution in [0.5, 0.6) is 0 Å². The fourth-order valence-electron chi connectivity index (χ4n) is 2.40. The Hall–Kier alpha value is -2.28. The molecule has 0 aliphatic carbocycles. The van der Waals surface area contributed by atoms with Gasteiger partial charge in [-0.3, -0.25) is 0 Å². The van der Waals surface area contributed by atoms with E-state index in [0.29, 0.717) is 6.42 Å². The third kappa shape index (κ3) is 6.56. The number of nitrogens with one attached hydrogen (secondary N) is 2. The quantitative estimate of drug-likeness (QED) is 0.500. The molecule has 0 aliphatic rings. The molecule has 1 aromatic rings. The van der Waals surface area contributed by atoms with Crippen LogP contribution < -0.4 is 10.6 Å². The number of aliphatic hydroxyl groups excluding tert-OH is 1. The van der Waals surface area contributed by atoms with E-state index in [4.69, 9.17) is 10.2 Å². The molecular formula is C16H24N2O5. The summed E-state index contributed by atoms with van der Waals surface area (Å²) in [5.74, 6) is 0. The summed E-state index contributed by atoms with van der Waals surface area (Å²) in [7, 11) is 0. The standard InChI is InChI=1S/C16H24N2O5/c1-16(2,9-8-11-6-4-3-5-7-11)13(19)12(18-15(22)23)10-17-14(20)21/h3-7,12-13,17-19H,8-10H2,1-2H3,(H,20,21)(H,22,23)/t12-,13+/m0/s1. The first-order valence-electron chi connectivity index (χ1n) is 7.40. The van der Waals surface area contributed by atoms with Gasteiger partial charge in [0.05, 0.1) is 12.1 Å². The Morgan fingerprint density at radius 3 is 2.26 bits per heavy atom. The second kappa shape index (κ2) is 8.38. The molecule has 0 saturated carbocycles. The van der Waals surface area contributed by atoms with Crippen LogP contribution in [0.3, 0.4) is 0 Å². The summed E-state index contributed by atoms with van der Waals surface area (Å²) >= 11 is 0. The normalized spacial score (nSPS) is 13.9. The summed E-state index contributed by atoms with van der Waals surface area (Å²) in [4.78, 5) is 21.5. The summed E-state index contributed by atoms with van der Waals surface area (Å²) < 4.78 is 0. The van der Waals surface area contributed by atoms with Gasteiger partial charge in [-0.15, -0.1) is 0 Å². The van der Waals surface area contributed by atoms with Gasteiger partial charge in [0.25, 0.3) is 0 Å². The van der Waals surface area contributed by atoms with Crippen LogP contribution in [-0.4, -0.2) is 46.2 Å². The van der Waals surface area contributed by atoms with Crippen molar-refractivity contribution in [3.63, 3.8) is 0 Å². The highest BCUT2D eigenvalue weighted by molar-refractivity contribution is 5.66. The van der Waals surface area contributed by atoms with Gasteiger partial charge >= 0.3 is 12.2 Å². The zero-order chi connectivity index (χ0) is 17.5. The van der Waals surface area contributed by atoms with E-state index in [0.717, 1.165) is 12.0 Å². The van der Waals surface area contributed by atoms with Crippen LogP contribution in [0.2, 0.25) is 0 Å². The molecule has 1 rings (SSSR count). The molecule has 0 heterocycles. The van der Waals surface area contributed by atoms with E-state index in [-0.39, 0.29) is 6.54 Å². The van der Waals surface area contributed by atoms with Crippen molar-refractivity contribution in [2.45, 2.75) is 38.8 Å². The molecule has 5 N–H and O–H groups in total. The Kier molecular flexibility index (Phi) is 6.84. The highest BCUT2D eigenvalue weighted by Gasteiger charge is 2.35. The second-order valence-electron chi connectivity index (χ2n) is 6.16. The fourth-order valence-corrected chi connectivity index (χ4v) is 2.40. The molecule has 0 aromatic heterocycles. The number of amides is 2. The van der Waals surface area contributed by atoms with Gasteiger partial charge in [0.2, 0.25) is 0 Å². The van der Waals surface area contributed by atoms with Crippen molar-refractivity contribution in [1.29, 1.82) is 0 Å². The lowest BCUT2D eigenvalue weighted by Gasteiger charge is -2.36. The number of rotatable bonds is 8. The van der Waals surface area contributed by atoms with E-state index < -0.39 is 29.7 Å². The van der Waals surface area contributed by atoms with Crippen LogP contribution >= 0.6 is 0 Å². The fraction of sp³-hybridized carbons (Fsp3) is 0.500. The van der Waals surface area contributed by atoms with Crippen molar-refractivity contribution in [2.75, 3.05) is 6.54 Å². The predicted molar refractivity (Wildman–Crippen MR) is 85.5 cm³/mol. The molecule has 0 spiro atoms. The molecule has 0 radical (unpaired) electrons. The molecule has 128 valence electrons. The van der Waals surface area contributed by atoms with Gasteiger partial charge in [-0.25, -0.2) is 9.59 Å². The van der Waals surface area contributed by atoms with Crippen LogP contribution in [0.4, 0.5) is 9.59 Å². The summed E-state index contributed by atoms with van der Waals surface area (Å²) in [5.41, 5.74) is 0.530. The Morgan fingerprint density at radius 1 is 1.13 bits per heavy atom. The molecule has 7 heteroatoms. The maximum Gasteiger partial charge on any atom is 0.405 e. The second-order valence-corrected chi connectivity index (χ2v) is 6.16. The Bertz CT molecular complexity index is 518. The smallest absolute Gasteiger partial charge is 0.405 e. The van der Waals surface area contributed by atoms with Gasteiger partial charge in [0.15, 0.2) is 0 Å². The van der Waals surface area contributed by atoms with E-state index >= 15 is 0 Å². The van der Waals surface area contributed by atoms with Crippen molar-refractivity contribution in [2.24, 2.45) is 5.41 Å². The average molecular weight is 324 g/mol. The third-order valence-electron chi connectivity index (χ3n) is 3.86. The van der Waals surface area contributed by atoms with E-state index in [1.165, 1.54) is 0 Å². The summed E-state index contributed by atoms with van der Waals surface area (Å²) in [5, 5.41) is 32.3. The summed E-state index contributed by atoms with van der Waals surface area (Å²) in [6.45, 7) is 3.47. The topological polar surface area (TPSA) is 119 Å². The Morgan fingerprint density at radius 2 is 1.74 bits per heavy atom. The van der Waals surface area contributed by atoms with Crippen LogP contribution in [-0.2, 0) is 6.42 Å².